The van der Waals surface area contributed by atoms with Crippen LogP contribution in [0.15, 0.2) is 34.1 Å². The number of aromatic nitrogens is 2. The molecule has 0 aromatic carbocycles. The summed E-state index contributed by atoms with van der Waals surface area (Å²) in [6, 6.07) is 3.17. The summed E-state index contributed by atoms with van der Waals surface area (Å²) in [4.78, 5) is 18.0. The first kappa shape index (κ1) is 13.7. The highest BCUT2D eigenvalue weighted by Crippen LogP contribution is 2.14. The van der Waals surface area contributed by atoms with Crippen LogP contribution in [-0.2, 0) is 14.8 Å². The summed E-state index contributed by atoms with van der Waals surface area (Å²) in [6.45, 7) is 0.0345. The molecule has 0 radical (unpaired) electrons. The molecule has 2 aromatic heterocycles. The summed E-state index contributed by atoms with van der Waals surface area (Å²) in [5.74, 6) is 0.0231. The van der Waals surface area contributed by atoms with Crippen molar-refractivity contribution >= 4 is 33.2 Å². The number of anilines is 1. The number of carbonyl (C=O) groups is 1. The quantitative estimate of drug-likeness (QED) is 0.733. The largest absolute Gasteiger partial charge is 0.331 e. The minimum absolute atomic E-state index is 0.0330. The monoisotopic (exact) mass is 300 g/mol. The molecule has 0 bridgehead atoms. The van der Waals surface area contributed by atoms with E-state index in [1.54, 1.807) is 17.6 Å². The third kappa shape index (κ3) is 3.88. The Morgan fingerprint density at radius 3 is 2.95 bits per heavy atom. The number of amides is 1. The zero-order valence-electron chi connectivity index (χ0n) is 9.79. The van der Waals surface area contributed by atoms with E-state index < -0.39 is 10.0 Å². The molecule has 0 saturated heterocycles. The fourth-order valence-electron chi connectivity index (χ4n) is 1.31. The van der Waals surface area contributed by atoms with Crippen LogP contribution in [0.1, 0.15) is 6.42 Å². The van der Waals surface area contributed by atoms with Crippen LogP contribution in [0.3, 0.4) is 0 Å². The zero-order chi connectivity index (χ0) is 13.7. The van der Waals surface area contributed by atoms with Crippen LogP contribution in [-0.4, -0.2) is 30.8 Å². The fraction of sp³-hybridized carbons (Fsp3) is 0.200. The van der Waals surface area contributed by atoms with Crippen molar-refractivity contribution in [3.8, 4) is 0 Å². The van der Waals surface area contributed by atoms with Gasteiger partial charge in [-0.15, -0.1) is 11.3 Å². The first-order valence-electron chi connectivity index (χ1n) is 5.40. The average Bonchev–Trinajstić information content (AvgIpc) is 3.00. The van der Waals surface area contributed by atoms with E-state index in [0.717, 1.165) is 11.3 Å². The second-order valence-corrected chi connectivity index (χ2v) is 6.51. The van der Waals surface area contributed by atoms with Gasteiger partial charge in [-0.05, 0) is 11.4 Å². The number of imidazole rings is 1. The van der Waals surface area contributed by atoms with Gasteiger partial charge in [0.15, 0.2) is 0 Å². The summed E-state index contributed by atoms with van der Waals surface area (Å²) >= 11 is 1.13. The van der Waals surface area contributed by atoms with E-state index in [-0.39, 0.29) is 23.1 Å². The molecule has 0 unspecified atom stereocenters. The van der Waals surface area contributed by atoms with Gasteiger partial charge in [0.2, 0.25) is 21.9 Å². The Morgan fingerprint density at radius 2 is 2.32 bits per heavy atom. The zero-order valence-corrected chi connectivity index (χ0v) is 11.4. The van der Waals surface area contributed by atoms with Gasteiger partial charge < -0.3 is 4.98 Å². The Hall–Kier alpha value is -1.71. The maximum atomic E-state index is 11.7. The molecular weight excluding hydrogens is 288 g/mol. The first-order chi connectivity index (χ1) is 9.08. The maximum absolute atomic E-state index is 11.7. The number of carbonyl (C=O) groups excluding carboxylic acids is 1. The Morgan fingerprint density at radius 1 is 1.47 bits per heavy atom. The molecule has 2 rings (SSSR count). The number of hydrogen-bond donors (Lipinski definition) is 3. The number of rotatable bonds is 6. The molecule has 3 N–H and O–H groups in total. The van der Waals surface area contributed by atoms with Gasteiger partial charge in [0.1, 0.15) is 4.21 Å². The van der Waals surface area contributed by atoms with Crippen LogP contribution in [0.2, 0.25) is 0 Å². The van der Waals surface area contributed by atoms with Crippen molar-refractivity contribution in [2.45, 2.75) is 10.6 Å². The van der Waals surface area contributed by atoms with Crippen molar-refractivity contribution in [1.82, 2.24) is 14.7 Å². The molecule has 1 amide bonds. The SMILES string of the molecule is O=C(CCNS(=O)(=O)c1cccs1)Nc1ncc[nH]1. The number of nitrogens with one attached hydrogen (secondary N) is 3. The Balaban J connectivity index is 1.79. The normalized spacial score (nSPS) is 11.4. The van der Waals surface area contributed by atoms with E-state index in [1.807, 2.05) is 0 Å². The van der Waals surface area contributed by atoms with Gasteiger partial charge in [-0.3, -0.25) is 10.1 Å². The fourth-order valence-corrected chi connectivity index (χ4v) is 3.38. The molecule has 102 valence electrons. The number of H-pyrrole nitrogens is 1. The van der Waals surface area contributed by atoms with Gasteiger partial charge >= 0.3 is 0 Å². The lowest BCUT2D eigenvalue weighted by Crippen LogP contribution is -2.27. The van der Waals surface area contributed by atoms with Crippen LogP contribution >= 0.6 is 11.3 Å². The molecule has 0 aliphatic heterocycles. The van der Waals surface area contributed by atoms with Crippen molar-refractivity contribution in [1.29, 1.82) is 0 Å². The molecule has 0 spiro atoms. The van der Waals surface area contributed by atoms with Gasteiger partial charge in [-0.25, -0.2) is 18.1 Å². The highest BCUT2D eigenvalue weighted by molar-refractivity contribution is 7.91. The van der Waals surface area contributed by atoms with Crippen LogP contribution in [0.5, 0.6) is 0 Å². The lowest BCUT2D eigenvalue weighted by Gasteiger charge is -2.04. The lowest BCUT2D eigenvalue weighted by molar-refractivity contribution is -0.116. The summed E-state index contributed by atoms with van der Waals surface area (Å²) in [6.07, 6.45) is 3.12. The molecule has 7 nitrogen and oxygen atoms in total. The standard InChI is InChI=1S/C10H12N4O3S2/c15-8(14-10-11-5-6-12-10)3-4-13-19(16,17)9-2-1-7-18-9/h1-2,5-7,13H,3-4H2,(H2,11,12,14,15). The predicted molar refractivity (Wildman–Crippen MR) is 71.3 cm³/mol. The molecule has 0 aliphatic rings. The molecule has 2 aromatic rings. The van der Waals surface area contributed by atoms with Gasteiger partial charge in [0.25, 0.3) is 0 Å². The molecular formula is C10H12N4O3S2. The van der Waals surface area contributed by atoms with Gasteiger partial charge in [-0.1, -0.05) is 6.07 Å². The van der Waals surface area contributed by atoms with Crippen LogP contribution in [0.25, 0.3) is 0 Å². The highest BCUT2D eigenvalue weighted by atomic mass is 32.2. The van der Waals surface area contributed by atoms with E-state index in [9.17, 15) is 13.2 Å². The average molecular weight is 300 g/mol. The minimum atomic E-state index is -3.51. The molecule has 2 heterocycles. The second-order valence-electron chi connectivity index (χ2n) is 3.57. The highest BCUT2D eigenvalue weighted by Gasteiger charge is 2.15. The Labute approximate surface area is 114 Å². The van der Waals surface area contributed by atoms with Crippen molar-refractivity contribution in [2.24, 2.45) is 0 Å². The molecule has 0 atom stereocenters. The number of thiophene rings is 1. The summed E-state index contributed by atoms with van der Waals surface area (Å²) < 4.78 is 26.1. The van der Waals surface area contributed by atoms with Crippen molar-refractivity contribution in [2.75, 3.05) is 11.9 Å². The van der Waals surface area contributed by atoms with Crippen molar-refractivity contribution in [3.63, 3.8) is 0 Å². The Bertz CT molecular complexity index is 620. The number of aromatic amines is 1. The van der Waals surface area contributed by atoms with Crippen LogP contribution in [0.4, 0.5) is 5.95 Å². The van der Waals surface area contributed by atoms with Crippen LogP contribution < -0.4 is 10.0 Å². The van der Waals surface area contributed by atoms with E-state index >= 15 is 0 Å². The summed E-state index contributed by atoms with van der Waals surface area (Å²) in [5.41, 5.74) is 0. The number of nitrogens with zero attached hydrogens (tertiary/aromatic N) is 1. The number of sulfonamides is 1. The smallest absolute Gasteiger partial charge is 0.250 e. The lowest BCUT2D eigenvalue weighted by atomic mass is 10.4. The third-order valence-corrected chi connectivity index (χ3v) is 5.02. The first-order valence-corrected chi connectivity index (χ1v) is 7.76. The molecule has 9 heteroatoms. The van der Waals surface area contributed by atoms with Gasteiger partial charge in [-0.2, -0.15) is 0 Å². The van der Waals surface area contributed by atoms with Crippen molar-refractivity contribution in [3.05, 3.63) is 29.9 Å². The van der Waals surface area contributed by atoms with Gasteiger partial charge in [0.05, 0.1) is 0 Å². The van der Waals surface area contributed by atoms with Crippen molar-refractivity contribution < 1.29 is 13.2 Å². The van der Waals surface area contributed by atoms with E-state index in [0.29, 0.717) is 5.95 Å². The van der Waals surface area contributed by atoms with Gasteiger partial charge in [0, 0.05) is 25.4 Å². The maximum Gasteiger partial charge on any atom is 0.250 e. The van der Waals surface area contributed by atoms with E-state index in [4.69, 9.17) is 0 Å². The van der Waals surface area contributed by atoms with Crippen LogP contribution in [0, 0.1) is 0 Å². The number of hydrogen-bond acceptors (Lipinski definition) is 5. The summed E-state index contributed by atoms with van der Waals surface area (Å²) in [5, 5.41) is 4.18. The minimum Gasteiger partial charge on any atom is -0.331 e. The molecule has 19 heavy (non-hydrogen) atoms. The molecule has 0 aliphatic carbocycles. The Kier molecular flexibility index (Phi) is 4.30. The second kappa shape index (κ2) is 5.95. The summed E-state index contributed by atoms with van der Waals surface area (Å²) in [7, 11) is -3.51. The molecule has 0 saturated carbocycles. The third-order valence-electron chi connectivity index (χ3n) is 2.16. The molecule has 0 fully saturated rings. The van der Waals surface area contributed by atoms with E-state index in [2.05, 4.69) is 20.0 Å². The van der Waals surface area contributed by atoms with E-state index in [1.165, 1.54) is 12.3 Å². The predicted octanol–water partition coefficient (Wildman–Crippen LogP) is 0.778. The topological polar surface area (TPSA) is 104 Å².